The highest BCUT2D eigenvalue weighted by Gasteiger charge is 2.27. The zero-order valence-corrected chi connectivity index (χ0v) is 10.9. The molecule has 0 amide bonds. The molecule has 2 aromatic carbocycles. The average molecular weight is 279 g/mol. The van der Waals surface area contributed by atoms with Gasteiger partial charge in [-0.15, -0.1) is 0 Å². The van der Waals surface area contributed by atoms with Gasteiger partial charge in [-0.05, 0) is 17.2 Å². The third kappa shape index (κ3) is 1.59. The Morgan fingerprint density at radius 1 is 1.14 bits per heavy atom. The van der Waals surface area contributed by atoms with E-state index in [0.29, 0.717) is 23.1 Å². The first-order valence-corrected chi connectivity index (χ1v) is 6.59. The quantitative estimate of drug-likeness (QED) is 0.578. The van der Waals surface area contributed by atoms with Crippen LogP contribution < -0.4 is 0 Å². The Morgan fingerprint density at radius 2 is 1.95 bits per heavy atom. The predicted octanol–water partition coefficient (Wildman–Crippen LogP) is 3.64. The van der Waals surface area contributed by atoms with E-state index in [4.69, 9.17) is 0 Å². The van der Waals surface area contributed by atoms with Crippen molar-refractivity contribution in [1.29, 1.82) is 0 Å². The molecule has 1 N–H and O–H groups in total. The lowest BCUT2D eigenvalue weighted by Gasteiger charge is -2.09. The van der Waals surface area contributed by atoms with Crippen molar-refractivity contribution in [2.45, 2.75) is 6.42 Å². The summed E-state index contributed by atoms with van der Waals surface area (Å²) in [5.74, 6) is -1.54. The van der Waals surface area contributed by atoms with Crippen LogP contribution in [-0.2, 0) is 6.42 Å². The van der Waals surface area contributed by atoms with Crippen molar-refractivity contribution >= 4 is 16.9 Å². The molecule has 102 valence electrons. The molecule has 1 heterocycles. The highest BCUT2D eigenvalue weighted by atomic mass is 19.1. The number of hydrogen-bond donors (Lipinski definition) is 1. The van der Waals surface area contributed by atoms with Gasteiger partial charge >= 0.3 is 5.97 Å². The van der Waals surface area contributed by atoms with Gasteiger partial charge in [0.1, 0.15) is 11.3 Å². The fourth-order valence-corrected chi connectivity index (χ4v) is 3.03. The number of para-hydroxylation sites is 1. The highest BCUT2D eigenvalue weighted by Crippen LogP contribution is 2.39. The van der Waals surface area contributed by atoms with Crippen molar-refractivity contribution in [2.75, 3.05) is 0 Å². The number of nitrogens with zero attached hydrogens (tertiary/aromatic N) is 1. The second-order valence-corrected chi connectivity index (χ2v) is 5.09. The summed E-state index contributed by atoms with van der Waals surface area (Å²) in [6, 6.07) is 12.1. The number of carboxylic acid groups (broad SMARTS) is 1. The van der Waals surface area contributed by atoms with Crippen LogP contribution in [0.1, 0.15) is 21.5 Å². The Bertz CT molecular complexity index is 918. The summed E-state index contributed by atoms with van der Waals surface area (Å²) in [4.78, 5) is 16.1. The molecule has 4 rings (SSSR count). The maximum Gasteiger partial charge on any atom is 0.336 e. The number of halogens is 1. The van der Waals surface area contributed by atoms with E-state index in [1.807, 2.05) is 24.3 Å². The Kier molecular flexibility index (Phi) is 2.36. The number of fused-ring (bicyclic) bond motifs is 4. The standard InChI is InChI=1S/C17H10FNO2/c18-13-7-3-6-11-14(17(20)21)12-8-9-4-1-2-5-10(9)15(12)19-16(11)13/h1-7H,8H2,(H,20,21). The van der Waals surface area contributed by atoms with E-state index in [1.165, 1.54) is 12.1 Å². The van der Waals surface area contributed by atoms with Crippen LogP contribution in [0.2, 0.25) is 0 Å². The van der Waals surface area contributed by atoms with E-state index >= 15 is 0 Å². The summed E-state index contributed by atoms with van der Waals surface area (Å²) in [5.41, 5.74) is 3.44. The van der Waals surface area contributed by atoms with Crippen molar-refractivity contribution in [3.05, 3.63) is 65.0 Å². The van der Waals surface area contributed by atoms with E-state index in [9.17, 15) is 14.3 Å². The van der Waals surface area contributed by atoms with Crippen LogP contribution >= 0.6 is 0 Å². The number of benzene rings is 2. The first kappa shape index (κ1) is 12.0. The first-order chi connectivity index (χ1) is 10.2. The van der Waals surface area contributed by atoms with Crippen LogP contribution in [0.5, 0.6) is 0 Å². The zero-order valence-electron chi connectivity index (χ0n) is 10.9. The van der Waals surface area contributed by atoms with Gasteiger partial charge in [-0.3, -0.25) is 0 Å². The van der Waals surface area contributed by atoms with E-state index in [-0.39, 0.29) is 11.1 Å². The number of aromatic nitrogens is 1. The van der Waals surface area contributed by atoms with Gasteiger partial charge in [-0.25, -0.2) is 14.2 Å². The minimum Gasteiger partial charge on any atom is -0.478 e. The Hall–Kier alpha value is -2.75. The molecule has 1 aliphatic carbocycles. The Labute approximate surface area is 119 Å². The zero-order chi connectivity index (χ0) is 14.6. The minimum atomic E-state index is -1.04. The summed E-state index contributed by atoms with van der Waals surface area (Å²) in [7, 11) is 0. The fourth-order valence-electron chi connectivity index (χ4n) is 3.03. The van der Waals surface area contributed by atoms with Gasteiger partial charge in [-0.2, -0.15) is 0 Å². The van der Waals surface area contributed by atoms with Crippen LogP contribution in [0.4, 0.5) is 4.39 Å². The summed E-state index contributed by atoms with van der Waals surface area (Å²) >= 11 is 0. The number of pyridine rings is 1. The molecule has 1 aliphatic rings. The number of carbonyl (C=O) groups is 1. The van der Waals surface area contributed by atoms with E-state index in [1.54, 1.807) is 6.07 Å². The average Bonchev–Trinajstić information content (AvgIpc) is 2.83. The van der Waals surface area contributed by atoms with Crippen LogP contribution in [0.25, 0.3) is 22.2 Å². The van der Waals surface area contributed by atoms with Crippen molar-refractivity contribution < 1.29 is 14.3 Å². The lowest BCUT2D eigenvalue weighted by Crippen LogP contribution is -2.05. The van der Waals surface area contributed by atoms with Crippen LogP contribution in [0.3, 0.4) is 0 Å². The van der Waals surface area contributed by atoms with Gasteiger partial charge in [0, 0.05) is 17.4 Å². The lowest BCUT2D eigenvalue weighted by atomic mass is 10.0. The van der Waals surface area contributed by atoms with Crippen molar-refractivity contribution in [2.24, 2.45) is 0 Å². The first-order valence-electron chi connectivity index (χ1n) is 6.59. The minimum absolute atomic E-state index is 0.116. The number of aromatic carboxylic acids is 1. The molecule has 3 nitrogen and oxygen atoms in total. The van der Waals surface area contributed by atoms with Gasteiger partial charge < -0.3 is 5.11 Å². The molecule has 0 saturated carbocycles. The van der Waals surface area contributed by atoms with E-state index in [2.05, 4.69) is 4.98 Å². The SMILES string of the molecule is O=C(O)c1c2c(nc3c(F)cccc13)-c1ccccc1C2. The maximum absolute atomic E-state index is 14.0. The lowest BCUT2D eigenvalue weighted by molar-refractivity contribution is 0.0698. The van der Waals surface area contributed by atoms with Crippen LogP contribution in [0, 0.1) is 5.82 Å². The smallest absolute Gasteiger partial charge is 0.336 e. The molecule has 3 aromatic rings. The molecule has 0 bridgehead atoms. The van der Waals surface area contributed by atoms with E-state index in [0.717, 1.165) is 11.1 Å². The summed E-state index contributed by atoms with van der Waals surface area (Å²) in [6.45, 7) is 0. The monoisotopic (exact) mass is 279 g/mol. The number of hydrogen-bond acceptors (Lipinski definition) is 2. The Balaban J connectivity index is 2.18. The molecule has 0 radical (unpaired) electrons. The van der Waals surface area contributed by atoms with Gasteiger partial charge in [0.05, 0.1) is 11.3 Å². The molecule has 4 heteroatoms. The van der Waals surface area contributed by atoms with Crippen LogP contribution in [0.15, 0.2) is 42.5 Å². The summed E-state index contributed by atoms with van der Waals surface area (Å²) < 4.78 is 14.0. The molecule has 0 spiro atoms. The maximum atomic E-state index is 14.0. The van der Waals surface area contributed by atoms with Crippen molar-refractivity contribution in [3.8, 4) is 11.3 Å². The topological polar surface area (TPSA) is 50.2 Å². The van der Waals surface area contributed by atoms with Crippen molar-refractivity contribution in [3.63, 3.8) is 0 Å². The second kappa shape index (κ2) is 4.12. The van der Waals surface area contributed by atoms with Crippen molar-refractivity contribution in [1.82, 2.24) is 4.98 Å². The van der Waals surface area contributed by atoms with Gasteiger partial charge in [0.25, 0.3) is 0 Å². The number of rotatable bonds is 1. The highest BCUT2D eigenvalue weighted by molar-refractivity contribution is 6.06. The molecule has 0 unspecified atom stereocenters. The fraction of sp³-hybridized carbons (Fsp3) is 0.0588. The second-order valence-electron chi connectivity index (χ2n) is 5.09. The van der Waals surface area contributed by atoms with Gasteiger partial charge in [0.15, 0.2) is 0 Å². The molecule has 21 heavy (non-hydrogen) atoms. The molecular weight excluding hydrogens is 269 g/mol. The molecular formula is C17H10FNO2. The summed E-state index contributed by atoms with van der Waals surface area (Å²) in [5, 5.41) is 9.92. The molecule has 1 aromatic heterocycles. The van der Waals surface area contributed by atoms with E-state index < -0.39 is 11.8 Å². The largest absolute Gasteiger partial charge is 0.478 e. The van der Waals surface area contributed by atoms with Crippen LogP contribution in [-0.4, -0.2) is 16.1 Å². The molecule has 0 fully saturated rings. The van der Waals surface area contributed by atoms with Gasteiger partial charge in [0.2, 0.25) is 0 Å². The predicted molar refractivity (Wildman–Crippen MR) is 76.9 cm³/mol. The number of carboxylic acids is 1. The molecule has 0 atom stereocenters. The molecule has 0 aliphatic heterocycles. The normalized spacial score (nSPS) is 12.2. The van der Waals surface area contributed by atoms with Gasteiger partial charge in [-0.1, -0.05) is 36.4 Å². The molecule has 0 saturated heterocycles. The summed E-state index contributed by atoms with van der Waals surface area (Å²) in [6.07, 6.45) is 0.520. The third-order valence-electron chi connectivity index (χ3n) is 3.92. The third-order valence-corrected chi connectivity index (χ3v) is 3.92. The Morgan fingerprint density at radius 3 is 2.76 bits per heavy atom.